The lowest BCUT2D eigenvalue weighted by Crippen LogP contribution is -2.58. The first-order valence-corrected chi connectivity index (χ1v) is 6.71. The molecule has 18 heavy (non-hydrogen) atoms. The molecule has 1 aliphatic heterocycles. The first kappa shape index (κ1) is 13.6. The van der Waals surface area contributed by atoms with Crippen molar-refractivity contribution in [2.75, 3.05) is 19.8 Å². The highest BCUT2D eigenvalue weighted by molar-refractivity contribution is 5.68. The minimum Gasteiger partial charge on any atom is -0.444 e. The van der Waals surface area contributed by atoms with Gasteiger partial charge in [-0.1, -0.05) is 0 Å². The van der Waals surface area contributed by atoms with Crippen LogP contribution < -0.4 is 5.73 Å². The normalized spacial score (nSPS) is 26.9. The van der Waals surface area contributed by atoms with E-state index in [1.165, 1.54) is 12.8 Å². The fourth-order valence-electron chi connectivity index (χ4n) is 2.28. The number of rotatable bonds is 2. The number of amides is 1. The molecule has 5 nitrogen and oxygen atoms in total. The van der Waals surface area contributed by atoms with Gasteiger partial charge in [-0.15, -0.1) is 0 Å². The lowest BCUT2D eigenvalue weighted by Gasteiger charge is -2.39. The SMILES string of the molecule is CC(C)(C)OC(=O)N1CCOCC1C(N)C1CC1. The summed E-state index contributed by atoms with van der Waals surface area (Å²) in [5.74, 6) is 0.543. The van der Waals surface area contributed by atoms with Crippen molar-refractivity contribution in [1.29, 1.82) is 0 Å². The molecule has 1 heterocycles. The molecule has 0 aromatic heterocycles. The highest BCUT2D eigenvalue weighted by atomic mass is 16.6. The van der Waals surface area contributed by atoms with E-state index in [2.05, 4.69) is 0 Å². The Bertz CT molecular complexity index is 310. The number of hydrogen-bond donors (Lipinski definition) is 1. The van der Waals surface area contributed by atoms with Gasteiger partial charge in [-0.3, -0.25) is 4.90 Å². The molecule has 2 atom stereocenters. The summed E-state index contributed by atoms with van der Waals surface area (Å²) in [7, 11) is 0. The summed E-state index contributed by atoms with van der Waals surface area (Å²) >= 11 is 0. The highest BCUT2D eigenvalue weighted by Crippen LogP contribution is 2.34. The predicted molar refractivity (Wildman–Crippen MR) is 68.2 cm³/mol. The van der Waals surface area contributed by atoms with Crippen molar-refractivity contribution < 1.29 is 14.3 Å². The smallest absolute Gasteiger partial charge is 0.410 e. The minimum absolute atomic E-state index is 0.0119. The first-order chi connectivity index (χ1) is 8.38. The van der Waals surface area contributed by atoms with Crippen molar-refractivity contribution in [3.8, 4) is 0 Å². The maximum atomic E-state index is 12.2. The van der Waals surface area contributed by atoms with Crippen LogP contribution in [0.1, 0.15) is 33.6 Å². The number of ether oxygens (including phenoxy) is 2. The van der Waals surface area contributed by atoms with E-state index in [9.17, 15) is 4.79 Å². The third kappa shape index (κ3) is 3.36. The first-order valence-electron chi connectivity index (χ1n) is 6.71. The molecule has 0 aromatic rings. The number of morpholine rings is 1. The van der Waals surface area contributed by atoms with E-state index in [1.807, 2.05) is 20.8 Å². The molecule has 1 saturated carbocycles. The molecule has 1 amide bonds. The Balaban J connectivity index is 2.00. The van der Waals surface area contributed by atoms with Crippen molar-refractivity contribution in [3.05, 3.63) is 0 Å². The van der Waals surface area contributed by atoms with Crippen molar-refractivity contribution in [1.82, 2.24) is 4.90 Å². The summed E-state index contributed by atoms with van der Waals surface area (Å²) in [5, 5.41) is 0. The molecular weight excluding hydrogens is 232 g/mol. The van der Waals surface area contributed by atoms with Crippen LogP contribution in [0.15, 0.2) is 0 Å². The van der Waals surface area contributed by atoms with Gasteiger partial charge in [0.05, 0.1) is 19.3 Å². The standard InChI is InChI=1S/C13H24N2O3/c1-13(2,3)18-12(16)15-6-7-17-8-10(15)11(14)9-4-5-9/h9-11H,4-8,14H2,1-3H3. The van der Waals surface area contributed by atoms with Gasteiger partial charge in [0.25, 0.3) is 0 Å². The van der Waals surface area contributed by atoms with Crippen LogP contribution in [0, 0.1) is 5.92 Å². The minimum atomic E-state index is -0.469. The zero-order chi connectivity index (χ0) is 13.3. The number of nitrogens with two attached hydrogens (primary N) is 1. The lowest BCUT2D eigenvalue weighted by molar-refractivity contribution is -0.0395. The number of nitrogens with zero attached hydrogens (tertiary/aromatic N) is 1. The summed E-state index contributed by atoms with van der Waals surface area (Å²) in [5.41, 5.74) is 5.75. The monoisotopic (exact) mass is 256 g/mol. The Labute approximate surface area is 109 Å². The molecule has 1 saturated heterocycles. The molecule has 5 heteroatoms. The predicted octanol–water partition coefficient (Wildman–Crippen LogP) is 1.36. The van der Waals surface area contributed by atoms with Crippen LogP contribution >= 0.6 is 0 Å². The van der Waals surface area contributed by atoms with Gasteiger partial charge in [-0.05, 0) is 39.5 Å². The van der Waals surface area contributed by atoms with Crippen LogP contribution in [-0.4, -0.2) is 48.4 Å². The number of hydrogen-bond acceptors (Lipinski definition) is 4. The van der Waals surface area contributed by atoms with Crippen molar-refractivity contribution >= 4 is 6.09 Å². The van der Waals surface area contributed by atoms with Crippen LogP contribution in [0.2, 0.25) is 0 Å². The second-order valence-corrected chi connectivity index (χ2v) is 6.23. The maximum Gasteiger partial charge on any atom is 0.410 e. The third-order valence-electron chi connectivity index (χ3n) is 3.40. The average molecular weight is 256 g/mol. The van der Waals surface area contributed by atoms with Crippen molar-refractivity contribution in [2.24, 2.45) is 11.7 Å². The van der Waals surface area contributed by atoms with Gasteiger partial charge in [-0.2, -0.15) is 0 Å². The molecule has 104 valence electrons. The largest absolute Gasteiger partial charge is 0.444 e. The molecular formula is C13H24N2O3. The second kappa shape index (κ2) is 5.05. The second-order valence-electron chi connectivity index (χ2n) is 6.23. The summed E-state index contributed by atoms with van der Waals surface area (Å²) in [6, 6.07) is -0.0288. The molecule has 2 N–H and O–H groups in total. The molecule has 0 aromatic carbocycles. The number of carbonyl (C=O) groups excluding carboxylic acids is 1. The van der Waals surface area contributed by atoms with Crippen molar-refractivity contribution in [2.45, 2.75) is 51.3 Å². The van der Waals surface area contributed by atoms with Crippen LogP contribution in [0.3, 0.4) is 0 Å². The Hall–Kier alpha value is -0.810. The van der Waals surface area contributed by atoms with E-state index in [0.717, 1.165) is 0 Å². The van der Waals surface area contributed by atoms with E-state index in [4.69, 9.17) is 15.2 Å². The van der Waals surface area contributed by atoms with Gasteiger partial charge in [0.1, 0.15) is 5.60 Å². The quantitative estimate of drug-likeness (QED) is 0.810. The van der Waals surface area contributed by atoms with Gasteiger partial charge < -0.3 is 15.2 Å². The Morgan fingerprint density at radius 3 is 2.67 bits per heavy atom. The Morgan fingerprint density at radius 2 is 2.11 bits per heavy atom. The maximum absolute atomic E-state index is 12.2. The molecule has 2 fully saturated rings. The third-order valence-corrected chi connectivity index (χ3v) is 3.40. The zero-order valence-corrected chi connectivity index (χ0v) is 11.5. The fraction of sp³-hybridized carbons (Fsp3) is 0.923. The van der Waals surface area contributed by atoms with E-state index < -0.39 is 5.60 Å². The summed E-state index contributed by atoms with van der Waals surface area (Å²) in [6.45, 7) is 7.29. The Morgan fingerprint density at radius 1 is 1.44 bits per heavy atom. The van der Waals surface area contributed by atoms with E-state index >= 15 is 0 Å². The number of carbonyl (C=O) groups is 1. The molecule has 0 radical (unpaired) electrons. The molecule has 0 bridgehead atoms. The highest BCUT2D eigenvalue weighted by Gasteiger charge is 2.41. The summed E-state index contributed by atoms with van der Waals surface area (Å²) in [6.07, 6.45) is 2.06. The molecule has 2 rings (SSSR count). The van der Waals surface area contributed by atoms with Gasteiger partial charge in [-0.25, -0.2) is 4.79 Å². The van der Waals surface area contributed by atoms with Gasteiger partial charge in [0.2, 0.25) is 0 Å². The van der Waals surface area contributed by atoms with Crippen molar-refractivity contribution in [3.63, 3.8) is 0 Å². The Kier molecular flexibility index (Phi) is 3.82. The average Bonchev–Trinajstić information content (AvgIpc) is 3.09. The van der Waals surface area contributed by atoms with E-state index in [1.54, 1.807) is 4.90 Å². The van der Waals surface area contributed by atoms with Crippen LogP contribution in [-0.2, 0) is 9.47 Å². The molecule has 0 spiro atoms. The zero-order valence-electron chi connectivity index (χ0n) is 11.5. The van der Waals surface area contributed by atoms with Gasteiger partial charge >= 0.3 is 6.09 Å². The van der Waals surface area contributed by atoms with Crippen LogP contribution in [0.4, 0.5) is 4.79 Å². The molecule has 2 unspecified atom stereocenters. The molecule has 2 aliphatic rings. The van der Waals surface area contributed by atoms with Gasteiger partial charge in [0, 0.05) is 12.6 Å². The fourth-order valence-corrected chi connectivity index (χ4v) is 2.28. The van der Waals surface area contributed by atoms with E-state index in [0.29, 0.717) is 25.7 Å². The molecule has 1 aliphatic carbocycles. The van der Waals surface area contributed by atoms with Crippen LogP contribution in [0.25, 0.3) is 0 Å². The summed E-state index contributed by atoms with van der Waals surface area (Å²) in [4.78, 5) is 13.9. The van der Waals surface area contributed by atoms with E-state index in [-0.39, 0.29) is 18.2 Å². The topological polar surface area (TPSA) is 64.8 Å². The summed E-state index contributed by atoms with van der Waals surface area (Å²) < 4.78 is 10.9. The lowest BCUT2D eigenvalue weighted by atomic mass is 10.0. The van der Waals surface area contributed by atoms with Gasteiger partial charge in [0.15, 0.2) is 0 Å². The van der Waals surface area contributed by atoms with Crippen LogP contribution in [0.5, 0.6) is 0 Å².